The number of carbonyl (C=O) groups is 1. The van der Waals surface area contributed by atoms with Gasteiger partial charge in [-0.25, -0.2) is 0 Å². The van der Waals surface area contributed by atoms with Gasteiger partial charge in [-0.3, -0.25) is 10.1 Å². The van der Waals surface area contributed by atoms with Crippen LogP contribution in [0.1, 0.15) is 59.8 Å². The van der Waals surface area contributed by atoms with E-state index in [0.717, 1.165) is 19.3 Å². The van der Waals surface area contributed by atoms with Crippen molar-refractivity contribution in [3.05, 3.63) is 0 Å². The zero-order valence-electron chi connectivity index (χ0n) is 12.6. The summed E-state index contributed by atoms with van der Waals surface area (Å²) in [6, 6.07) is 0.498. The predicted octanol–water partition coefficient (Wildman–Crippen LogP) is 2.41. The lowest BCUT2D eigenvalue weighted by Crippen LogP contribution is -2.52. The van der Waals surface area contributed by atoms with Crippen LogP contribution >= 0.6 is 0 Å². The summed E-state index contributed by atoms with van der Waals surface area (Å²) in [5.74, 6) is -0.0955. The maximum atomic E-state index is 12.3. The molecule has 0 saturated heterocycles. The van der Waals surface area contributed by atoms with Gasteiger partial charge in [0.05, 0.1) is 18.3 Å². The van der Waals surface area contributed by atoms with Crippen molar-refractivity contribution in [1.82, 2.24) is 5.32 Å². The predicted molar refractivity (Wildman–Crippen MR) is 74.0 cm³/mol. The van der Waals surface area contributed by atoms with Crippen LogP contribution in [0.4, 0.5) is 0 Å². The van der Waals surface area contributed by atoms with E-state index in [1.54, 1.807) is 0 Å². The van der Waals surface area contributed by atoms with Gasteiger partial charge in [-0.15, -0.1) is 0 Å². The maximum absolute atomic E-state index is 12.3. The second kappa shape index (κ2) is 5.41. The van der Waals surface area contributed by atoms with E-state index >= 15 is 0 Å². The number of hydrogen-bond acceptors (Lipinski definition) is 4. The highest BCUT2D eigenvalue weighted by molar-refractivity contribution is 5.81. The standard InChI is InChI=1S/C15H27NO3/c1-5-18-13(17)15(16-11-6-7-11)9-8-12(10-15)19-14(2,3)4/h11-12,16H,5-10H2,1-4H3. The minimum Gasteiger partial charge on any atom is -0.465 e. The monoisotopic (exact) mass is 269 g/mol. The third-order valence-electron chi connectivity index (χ3n) is 3.71. The van der Waals surface area contributed by atoms with Gasteiger partial charge in [-0.1, -0.05) is 0 Å². The highest BCUT2D eigenvalue weighted by Gasteiger charge is 2.49. The number of ether oxygens (including phenoxy) is 2. The summed E-state index contributed by atoms with van der Waals surface area (Å²) in [7, 11) is 0. The third-order valence-corrected chi connectivity index (χ3v) is 3.71. The van der Waals surface area contributed by atoms with Crippen molar-refractivity contribution in [1.29, 1.82) is 0 Å². The lowest BCUT2D eigenvalue weighted by Gasteiger charge is -2.30. The van der Waals surface area contributed by atoms with Crippen LogP contribution in [0.25, 0.3) is 0 Å². The fraction of sp³-hybridized carbons (Fsp3) is 0.933. The van der Waals surface area contributed by atoms with Crippen molar-refractivity contribution in [2.24, 2.45) is 0 Å². The van der Waals surface area contributed by atoms with Crippen molar-refractivity contribution in [2.75, 3.05) is 6.61 Å². The lowest BCUT2D eigenvalue weighted by molar-refractivity contribution is -0.152. The second-order valence-corrected chi connectivity index (χ2v) is 6.82. The Hall–Kier alpha value is -0.610. The van der Waals surface area contributed by atoms with Gasteiger partial charge in [-0.05, 0) is 53.4 Å². The van der Waals surface area contributed by atoms with E-state index in [1.165, 1.54) is 12.8 Å². The van der Waals surface area contributed by atoms with Crippen molar-refractivity contribution >= 4 is 5.97 Å². The quantitative estimate of drug-likeness (QED) is 0.779. The highest BCUT2D eigenvalue weighted by Crippen LogP contribution is 2.37. The number of esters is 1. The molecule has 0 aromatic rings. The molecule has 1 N–H and O–H groups in total. The summed E-state index contributed by atoms with van der Waals surface area (Å²) < 4.78 is 11.3. The zero-order valence-corrected chi connectivity index (χ0v) is 12.6. The Bertz CT molecular complexity index is 333. The van der Waals surface area contributed by atoms with Crippen LogP contribution in [0, 0.1) is 0 Å². The Labute approximate surface area is 116 Å². The molecule has 2 saturated carbocycles. The van der Waals surface area contributed by atoms with Gasteiger partial charge in [0.1, 0.15) is 5.54 Å². The number of rotatable bonds is 5. The van der Waals surface area contributed by atoms with E-state index in [1.807, 2.05) is 6.92 Å². The summed E-state index contributed by atoms with van der Waals surface area (Å²) in [5.41, 5.74) is -0.665. The van der Waals surface area contributed by atoms with Crippen LogP contribution in [0.2, 0.25) is 0 Å². The molecule has 0 radical (unpaired) electrons. The number of nitrogens with one attached hydrogen (secondary N) is 1. The summed E-state index contributed by atoms with van der Waals surface area (Å²) in [5, 5.41) is 3.51. The molecule has 2 unspecified atom stereocenters. The van der Waals surface area contributed by atoms with Crippen LogP contribution in [0.3, 0.4) is 0 Å². The molecule has 4 nitrogen and oxygen atoms in total. The minimum atomic E-state index is -0.507. The fourth-order valence-corrected chi connectivity index (χ4v) is 2.86. The summed E-state index contributed by atoms with van der Waals surface area (Å²) >= 11 is 0. The summed E-state index contributed by atoms with van der Waals surface area (Å²) in [6.07, 6.45) is 4.98. The Morgan fingerprint density at radius 1 is 1.32 bits per heavy atom. The minimum absolute atomic E-state index is 0.0955. The average Bonchev–Trinajstić information content (AvgIpc) is 2.99. The van der Waals surface area contributed by atoms with Gasteiger partial charge in [0, 0.05) is 12.5 Å². The largest absolute Gasteiger partial charge is 0.465 e. The molecule has 0 spiro atoms. The van der Waals surface area contributed by atoms with E-state index < -0.39 is 5.54 Å². The van der Waals surface area contributed by atoms with Crippen LogP contribution in [-0.2, 0) is 14.3 Å². The van der Waals surface area contributed by atoms with Gasteiger partial charge in [0.2, 0.25) is 0 Å². The van der Waals surface area contributed by atoms with Crippen LogP contribution in [0.5, 0.6) is 0 Å². The van der Waals surface area contributed by atoms with Gasteiger partial charge in [-0.2, -0.15) is 0 Å². The Balaban J connectivity index is 2.01. The van der Waals surface area contributed by atoms with E-state index in [0.29, 0.717) is 12.6 Å². The molecule has 2 aliphatic rings. The normalized spacial score (nSPS) is 31.5. The molecule has 0 aromatic heterocycles. The van der Waals surface area contributed by atoms with E-state index in [4.69, 9.17) is 9.47 Å². The van der Waals surface area contributed by atoms with Gasteiger partial charge >= 0.3 is 5.97 Å². The van der Waals surface area contributed by atoms with Gasteiger partial charge < -0.3 is 9.47 Å². The van der Waals surface area contributed by atoms with Crippen molar-refractivity contribution in [3.8, 4) is 0 Å². The lowest BCUT2D eigenvalue weighted by atomic mass is 9.97. The van der Waals surface area contributed by atoms with Crippen LogP contribution in [0.15, 0.2) is 0 Å². The van der Waals surface area contributed by atoms with Gasteiger partial charge in [0.25, 0.3) is 0 Å². The first-order valence-electron chi connectivity index (χ1n) is 7.47. The second-order valence-electron chi connectivity index (χ2n) is 6.82. The first kappa shape index (κ1) is 14.8. The molecule has 110 valence electrons. The molecule has 0 aliphatic heterocycles. The molecule has 0 bridgehead atoms. The molecule has 0 heterocycles. The van der Waals surface area contributed by atoms with Crippen LogP contribution in [-0.4, -0.2) is 35.9 Å². The molecular weight excluding hydrogens is 242 g/mol. The summed E-state index contributed by atoms with van der Waals surface area (Å²) in [4.78, 5) is 12.3. The third kappa shape index (κ3) is 3.93. The first-order valence-corrected chi connectivity index (χ1v) is 7.47. The molecule has 2 atom stereocenters. The van der Waals surface area contributed by atoms with E-state index in [9.17, 15) is 4.79 Å². The zero-order chi connectivity index (χ0) is 14.1. The first-order chi connectivity index (χ1) is 8.85. The molecule has 4 heteroatoms. The van der Waals surface area contributed by atoms with Crippen molar-refractivity contribution in [2.45, 2.75) is 83.1 Å². The van der Waals surface area contributed by atoms with Gasteiger partial charge in [0.15, 0.2) is 0 Å². The Morgan fingerprint density at radius 2 is 2.00 bits per heavy atom. The molecule has 0 aromatic carbocycles. The van der Waals surface area contributed by atoms with Crippen LogP contribution < -0.4 is 5.32 Å². The molecule has 19 heavy (non-hydrogen) atoms. The highest BCUT2D eigenvalue weighted by atomic mass is 16.5. The Kier molecular flexibility index (Phi) is 4.21. The van der Waals surface area contributed by atoms with Crippen molar-refractivity contribution in [3.63, 3.8) is 0 Å². The topological polar surface area (TPSA) is 47.6 Å². The molecular formula is C15H27NO3. The average molecular weight is 269 g/mol. The summed E-state index contributed by atoms with van der Waals surface area (Å²) in [6.45, 7) is 8.49. The van der Waals surface area contributed by atoms with E-state index in [2.05, 4.69) is 26.1 Å². The SMILES string of the molecule is CCOC(=O)C1(NC2CC2)CCC(OC(C)(C)C)C1. The van der Waals surface area contributed by atoms with Crippen molar-refractivity contribution < 1.29 is 14.3 Å². The Morgan fingerprint density at radius 3 is 2.53 bits per heavy atom. The smallest absolute Gasteiger partial charge is 0.326 e. The fourth-order valence-electron chi connectivity index (χ4n) is 2.86. The molecule has 2 rings (SSSR count). The molecule has 2 aliphatic carbocycles. The molecule has 2 fully saturated rings. The molecule has 0 amide bonds. The maximum Gasteiger partial charge on any atom is 0.326 e. The van der Waals surface area contributed by atoms with E-state index in [-0.39, 0.29) is 17.7 Å². The number of hydrogen-bond donors (Lipinski definition) is 1. The number of carbonyl (C=O) groups excluding carboxylic acids is 1.